The zero-order chi connectivity index (χ0) is 11.3. The standard InChI is InChI=1S/C10H14N4O/c1-7(15)13-8-3-5-9(6-4-8)14-10(11)12-2/h3-6H,1-2H3,(H,13,15)(H3,11,12,14). The first kappa shape index (κ1) is 11.0. The van der Waals surface area contributed by atoms with Gasteiger partial charge in [-0.15, -0.1) is 0 Å². The molecule has 0 aliphatic carbocycles. The third kappa shape index (κ3) is 3.68. The molecule has 1 amide bonds. The van der Waals surface area contributed by atoms with Crippen LogP contribution in [-0.4, -0.2) is 18.9 Å². The average Bonchev–Trinajstić information content (AvgIpc) is 2.20. The Morgan fingerprint density at radius 3 is 2.07 bits per heavy atom. The van der Waals surface area contributed by atoms with Crippen LogP contribution in [0.3, 0.4) is 0 Å². The van der Waals surface area contributed by atoms with Crippen LogP contribution in [-0.2, 0) is 4.79 Å². The fourth-order valence-electron chi connectivity index (χ4n) is 1.04. The molecule has 4 N–H and O–H groups in total. The number of nitrogens with zero attached hydrogens (tertiary/aromatic N) is 1. The van der Waals surface area contributed by atoms with E-state index in [1.807, 2.05) is 12.1 Å². The van der Waals surface area contributed by atoms with Crippen LogP contribution in [0.1, 0.15) is 6.92 Å². The maximum Gasteiger partial charge on any atom is 0.221 e. The van der Waals surface area contributed by atoms with Crippen LogP contribution >= 0.6 is 0 Å². The zero-order valence-electron chi connectivity index (χ0n) is 8.74. The third-order valence-corrected chi connectivity index (χ3v) is 1.72. The van der Waals surface area contributed by atoms with Crippen molar-refractivity contribution in [1.82, 2.24) is 0 Å². The van der Waals surface area contributed by atoms with Crippen molar-refractivity contribution in [2.75, 3.05) is 17.7 Å². The fraction of sp³-hybridized carbons (Fsp3) is 0.200. The molecule has 0 atom stereocenters. The summed E-state index contributed by atoms with van der Waals surface area (Å²) in [4.78, 5) is 14.5. The molecule has 0 heterocycles. The maximum atomic E-state index is 10.8. The summed E-state index contributed by atoms with van der Waals surface area (Å²) < 4.78 is 0. The minimum absolute atomic E-state index is 0.0923. The Bertz CT molecular complexity index is 370. The lowest BCUT2D eigenvalue weighted by molar-refractivity contribution is -0.114. The number of benzene rings is 1. The molecule has 0 radical (unpaired) electrons. The predicted molar refractivity (Wildman–Crippen MR) is 61.9 cm³/mol. The minimum Gasteiger partial charge on any atom is -0.370 e. The molecule has 0 saturated heterocycles. The summed E-state index contributed by atoms with van der Waals surface area (Å²) in [7, 11) is 1.61. The van der Waals surface area contributed by atoms with Crippen molar-refractivity contribution in [3.63, 3.8) is 0 Å². The quantitative estimate of drug-likeness (QED) is 0.499. The van der Waals surface area contributed by atoms with Gasteiger partial charge in [-0.3, -0.25) is 9.79 Å². The molecule has 5 heteroatoms. The van der Waals surface area contributed by atoms with Crippen molar-refractivity contribution in [2.45, 2.75) is 6.92 Å². The molecule has 0 aliphatic rings. The Balaban J connectivity index is 2.68. The second kappa shape index (κ2) is 4.99. The summed E-state index contributed by atoms with van der Waals surface area (Å²) in [6.45, 7) is 1.47. The molecular weight excluding hydrogens is 192 g/mol. The van der Waals surface area contributed by atoms with Crippen LogP contribution < -0.4 is 16.4 Å². The molecule has 15 heavy (non-hydrogen) atoms. The molecule has 0 spiro atoms. The SMILES string of the molecule is CN=C(N)Nc1ccc(NC(C)=O)cc1. The van der Waals surface area contributed by atoms with Crippen LogP contribution in [0.2, 0.25) is 0 Å². The van der Waals surface area contributed by atoms with Gasteiger partial charge in [0.15, 0.2) is 5.96 Å². The Hall–Kier alpha value is -2.04. The minimum atomic E-state index is -0.0923. The van der Waals surface area contributed by atoms with Crippen LogP contribution in [0.5, 0.6) is 0 Å². The molecule has 1 rings (SSSR count). The van der Waals surface area contributed by atoms with Gasteiger partial charge in [0, 0.05) is 25.3 Å². The Morgan fingerprint density at radius 1 is 1.20 bits per heavy atom. The van der Waals surface area contributed by atoms with Gasteiger partial charge in [0.1, 0.15) is 0 Å². The van der Waals surface area contributed by atoms with Crippen molar-refractivity contribution in [1.29, 1.82) is 0 Å². The highest BCUT2D eigenvalue weighted by Gasteiger charge is 1.96. The van der Waals surface area contributed by atoms with Crippen molar-refractivity contribution < 1.29 is 4.79 Å². The summed E-state index contributed by atoms with van der Waals surface area (Å²) in [5.74, 6) is 0.257. The van der Waals surface area contributed by atoms with Crippen molar-refractivity contribution in [3.8, 4) is 0 Å². The van der Waals surface area contributed by atoms with Crippen molar-refractivity contribution in [2.24, 2.45) is 10.7 Å². The number of hydrogen-bond acceptors (Lipinski definition) is 2. The van der Waals surface area contributed by atoms with E-state index >= 15 is 0 Å². The fourth-order valence-corrected chi connectivity index (χ4v) is 1.04. The van der Waals surface area contributed by atoms with Gasteiger partial charge in [-0.25, -0.2) is 0 Å². The molecule has 0 bridgehead atoms. The summed E-state index contributed by atoms with van der Waals surface area (Å²) in [6, 6.07) is 7.19. The van der Waals surface area contributed by atoms with Gasteiger partial charge in [-0.05, 0) is 24.3 Å². The first-order valence-corrected chi connectivity index (χ1v) is 4.48. The molecular formula is C10H14N4O. The molecule has 0 saturated carbocycles. The van der Waals surface area contributed by atoms with Crippen LogP contribution in [0.25, 0.3) is 0 Å². The van der Waals surface area contributed by atoms with E-state index in [0.29, 0.717) is 5.96 Å². The summed E-state index contributed by atoms with van der Waals surface area (Å²) in [5.41, 5.74) is 7.07. The molecule has 0 unspecified atom stereocenters. The maximum absolute atomic E-state index is 10.8. The molecule has 0 fully saturated rings. The van der Waals surface area contributed by atoms with E-state index in [-0.39, 0.29) is 5.91 Å². The van der Waals surface area contributed by atoms with Gasteiger partial charge < -0.3 is 16.4 Å². The monoisotopic (exact) mass is 206 g/mol. The summed E-state index contributed by atoms with van der Waals surface area (Å²) in [6.07, 6.45) is 0. The van der Waals surface area contributed by atoms with Gasteiger partial charge in [-0.2, -0.15) is 0 Å². The van der Waals surface area contributed by atoms with E-state index in [9.17, 15) is 4.79 Å². The number of aliphatic imine (C=N–C) groups is 1. The third-order valence-electron chi connectivity index (χ3n) is 1.72. The number of anilines is 2. The molecule has 0 aromatic heterocycles. The van der Waals surface area contributed by atoms with E-state index in [1.54, 1.807) is 19.2 Å². The number of guanidine groups is 1. The highest BCUT2D eigenvalue weighted by molar-refractivity contribution is 5.93. The number of amides is 1. The number of nitrogens with two attached hydrogens (primary N) is 1. The number of nitrogens with one attached hydrogen (secondary N) is 2. The van der Waals surface area contributed by atoms with Crippen molar-refractivity contribution >= 4 is 23.2 Å². The second-order valence-corrected chi connectivity index (χ2v) is 2.99. The topological polar surface area (TPSA) is 79.5 Å². The molecule has 80 valence electrons. The highest BCUT2D eigenvalue weighted by Crippen LogP contribution is 2.12. The first-order chi connectivity index (χ1) is 7.11. The Kier molecular flexibility index (Phi) is 3.68. The van der Waals surface area contributed by atoms with Gasteiger partial charge in [0.05, 0.1) is 0 Å². The molecule has 1 aromatic carbocycles. The molecule has 5 nitrogen and oxygen atoms in total. The normalized spacial score (nSPS) is 10.9. The van der Waals surface area contributed by atoms with Crippen molar-refractivity contribution in [3.05, 3.63) is 24.3 Å². The number of carbonyl (C=O) groups is 1. The lowest BCUT2D eigenvalue weighted by Crippen LogP contribution is -2.21. The van der Waals surface area contributed by atoms with Crippen LogP contribution in [0.4, 0.5) is 11.4 Å². The van der Waals surface area contributed by atoms with Gasteiger partial charge >= 0.3 is 0 Å². The molecule has 1 aromatic rings. The largest absolute Gasteiger partial charge is 0.370 e. The molecule has 0 aliphatic heterocycles. The van der Waals surface area contributed by atoms with E-state index < -0.39 is 0 Å². The van der Waals surface area contributed by atoms with E-state index in [2.05, 4.69) is 15.6 Å². The van der Waals surface area contributed by atoms with Gasteiger partial charge in [-0.1, -0.05) is 0 Å². The number of hydrogen-bond donors (Lipinski definition) is 3. The average molecular weight is 206 g/mol. The zero-order valence-corrected chi connectivity index (χ0v) is 8.74. The summed E-state index contributed by atoms with van der Waals surface area (Å²) >= 11 is 0. The lowest BCUT2D eigenvalue weighted by Gasteiger charge is -2.06. The van der Waals surface area contributed by atoms with E-state index in [4.69, 9.17) is 5.73 Å². The van der Waals surface area contributed by atoms with Crippen LogP contribution in [0.15, 0.2) is 29.3 Å². The second-order valence-electron chi connectivity index (χ2n) is 2.99. The number of carbonyl (C=O) groups excluding carboxylic acids is 1. The van der Waals surface area contributed by atoms with E-state index in [1.165, 1.54) is 6.92 Å². The van der Waals surface area contributed by atoms with Gasteiger partial charge in [0.25, 0.3) is 0 Å². The Morgan fingerprint density at radius 2 is 1.67 bits per heavy atom. The first-order valence-electron chi connectivity index (χ1n) is 4.48. The Labute approximate surface area is 88.4 Å². The predicted octanol–water partition coefficient (Wildman–Crippen LogP) is 1.00. The highest BCUT2D eigenvalue weighted by atomic mass is 16.1. The lowest BCUT2D eigenvalue weighted by atomic mass is 10.3. The summed E-state index contributed by atoms with van der Waals surface area (Å²) in [5, 5.41) is 5.56. The van der Waals surface area contributed by atoms with Crippen LogP contribution in [0, 0.1) is 0 Å². The smallest absolute Gasteiger partial charge is 0.221 e. The van der Waals surface area contributed by atoms with Gasteiger partial charge in [0.2, 0.25) is 5.91 Å². The number of rotatable bonds is 2. The van der Waals surface area contributed by atoms with E-state index in [0.717, 1.165) is 11.4 Å².